The maximum absolute atomic E-state index is 13.2. The SMILES string of the molecule is CCCc1cc(C(=O)Nc2cnc(C)c(-n3cc(-c4cncc(N5CCN(C(C)C)CC5)c4)nn3)c2)nn1C(C)(C)C. The van der Waals surface area contributed by atoms with Crippen LogP contribution in [0.25, 0.3) is 16.9 Å². The van der Waals surface area contributed by atoms with E-state index >= 15 is 0 Å². The summed E-state index contributed by atoms with van der Waals surface area (Å²) in [6.45, 7) is 18.8. The molecule has 5 rings (SSSR count). The van der Waals surface area contributed by atoms with Gasteiger partial charge in [0.15, 0.2) is 5.69 Å². The highest BCUT2D eigenvalue weighted by Gasteiger charge is 2.23. The first-order chi connectivity index (χ1) is 20.0. The zero-order valence-corrected chi connectivity index (χ0v) is 25.8. The number of aryl methyl sites for hydroxylation is 2. The first-order valence-electron chi connectivity index (χ1n) is 14.8. The Morgan fingerprint density at radius 1 is 1.05 bits per heavy atom. The minimum absolute atomic E-state index is 0.218. The Hall–Kier alpha value is -4.12. The van der Waals surface area contributed by atoms with Crippen LogP contribution in [0, 0.1) is 6.92 Å². The number of nitrogens with zero attached hydrogens (tertiary/aromatic N) is 9. The molecule has 0 unspecified atom stereocenters. The monoisotopic (exact) mass is 570 g/mol. The molecule has 0 radical (unpaired) electrons. The van der Waals surface area contributed by atoms with Crippen molar-refractivity contribution in [2.24, 2.45) is 0 Å². The van der Waals surface area contributed by atoms with E-state index in [0.29, 0.717) is 17.4 Å². The Morgan fingerprint density at radius 2 is 1.81 bits per heavy atom. The van der Waals surface area contributed by atoms with Crippen LogP contribution in [0.15, 0.2) is 43.0 Å². The highest BCUT2D eigenvalue weighted by molar-refractivity contribution is 6.03. The number of rotatable bonds is 8. The molecular weight excluding hydrogens is 528 g/mol. The fourth-order valence-electron chi connectivity index (χ4n) is 5.31. The summed E-state index contributed by atoms with van der Waals surface area (Å²) in [5, 5.41) is 16.4. The molecule has 1 N–H and O–H groups in total. The van der Waals surface area contributed by atoms with Gasteiger partial charge in [-0.05, 0) is 66.2 Å². The van der Waals surface area contributed by atoms with Crippen molar-refractivity contribution in [3.05, 3.63) is 60.1 Å². The molecule has 4 aromatic rings. The van der Waals surface area contributed by atoms with Gasteiger partial charge in [-0.3, -0.25) is 24.3 Å². The lowest BCUT2D eigenvalue weighted by molar-refractivity contribution is 0.102. The Labute approximate surface area is 248 Å². The van der Waals surface area contributed by atoms with Gasteiger partial charge in [0.1, 0.15) is 5.69 Å². The Bertz CT molecular complexity index is 1540. The van der Waals surface area contributed by atoms with E-state index in [2.05, 4.69) is 88.1 Å². The number of carbonyl (C=O) groups is 1. The van der Waals surface area contributed by atoms with Gasteiger partial charge < -0.3 is 10.2 Å². The molecule has 1 aliphatic rings. The number of pyridine rings is 2. The number of aromatic nitrogens is 7. The summed E-state index contributed by atoms with van der Waals surface area (Å²) in [4.78, 5) is 27.1. The Balaban J connectivity index is 1.33. The number of hydrogen-bond donors (Lipinski definition) is 1. The molecule has 1 aliphatic heterocycles. The quantitative estimate of drug-likeness (QED) is 0.324. The summed E-state index contributed by atoms with van der Waals surface area (Å²) in [6, 6.07) is 6.41. The van der Waals surface area contributed by atoms with Crippen molar-refractivity contribution in [3.63, 3.8) is 0 Å². The zero-order valence-electron chi connectivity index (χ0n) is 25.8. The minimum atomic E-state index is -0.275. The van der Waals surface area contributed by atoms with Crippen LogP contribution in [0.3, 0.4) is 0 Å². The second kappa shape index (κ2) is 12.0. The molecule has 0 saturated carbocycles. The molecule has 1 amide bonds. The van der Waals surface area contributed by atoms with E-state index in [1.165, 1.54) is 0 Å². The third-order valence-corrected chi connectivity index (χ3v) is 7.64. The highest BCUT2D eigenvalue weighted by atomic mass is 16.2. The third-order valence-electron chi connectivity index (χ3n) is 7.64. The topological polar surface area (TPSA) is 110 Å². The van der Waals surface area contributed by atoms with Gasteiger partial charge in [0.05, 0.1) is 46.9 Å². The molecule has 0 atom stereocenters. The minimum Gasteiger partial charge on any atom is -0.368 e. The summed E-state index contributed by atoms with van der Waals surface area (Å²) in [5.41, 5.74) is 5.97. The van der Waals surface area contributed by atoms with E-state index < -0.39 is 0 Å². The van der Waals surface area contributed by atoms with Crippen LogP contribution in [0.5, 0.6) is 0 Å². The van der Waals surface area contributed by atoms with Crippen LogP contribution >= 0.6 is 0 Å². The second-order valence-corrected chi connectivity index (χ2v) is 12.2. The molecule has 1 saturated heterocycles. The molecule has 0 bridgehead atoms. The van der Waals surface area contributed by atoms with Gasteiger partial charge in [-0.15, -0.1) is 5.10 Å². The lowest BCUT2D eigenvalue weighted by atomic mass is 10.1. The average molecular weight is 571 g/mol. The number of nitrogens with one attached hydrogen (secondary N) is 1. The molecule has 0 aromatic carbocycles. The van der Waals surface area contributed by atoms with Gasteiger partial charge in [-0.2, -0.15) is 5.10 Å². The molecule has 42 heavy (non-hydrogen) atoms. The maximum atomic E-state index is 13.2. The van der Waals surface area contributed by atoms with Gasteiger partial charge >= 0.3 is 0 Å². The third kappa shape index (κ3) is 6.35. The standard InChI is InChI=1S/C31H42N10O/c1-8-9-25-16-27(36-41(25)31(5,6)7)30(42)34-24-15-29(22(4)33-18-24)40-20-28(35-37-40)23-14-26(19-32-17-23)39-12-10-38(11-13-39)21(2)3/h14-21H,8-13H2,1-7H3,(H,34,42). The fourth-order valence-corrected chi connectivity index (χ4v) is 5.31. The number of piperazine rings is 1. The second-order valence-electron chi connectivity index (χ2n) is 12.2. The molecule has 4 aromatic heterocycles. The first kappa shape index (κ1) is 29.4. The van der Waals surface area contributed by atoms with Crippen molar-refractivity contribution in [2.45, 2.75) is 72.9 Å². The number of anilines is 2. The summed E-state index contributed by atoms with van der Waals surface area (Å²) in [6.07, 6.45) is 9.07. The average Bonchev–Trinajstić information content (AvgIpc) is 3.63. The fraction of sp³-hybridized carbons (Fsp3) is 0.484. The van der Waals surface area contributed by atoms with Crippen molar-refractivity contribution in [1.29, 1.82) is 0 Å². The predicted molar refractivity (Wildman–Crippen MR) is 165 cm³/mol. The van der Waals surface area contributed by atoms with Crippen LogP contribution < -0.4 is 10.2 Å². The van der Waals surface area contributed by atoms with Gasteiger partial charge in [0.2, 0.25) is 0 Å². The lowest BCUT2D eigenvalue weighted by Crippen LogP contribution is -2.48. The molecule has 5 heterocycles. The van der Waals surface area contributed by atoms with Crippen LogP contribution in [0.2, 0.25) is 0 Å². The predicted octanol–water partition coefficient (Wildman–Crippen LogP) is 4.72. The van der Waals surface area contributed by atoms with Gasteiger partial charge in [-0.1, -0.05) is 18.6 Å². The van der Waals surface area contributed by atoms with Crippen LogP contribution in [0.4, 0.5) is 11.4 Å². The van der Waals surface area contributed by atoms with Crippen LogP contribution in [-0.4, -0.2) is 77.8 Å². The van der Waals surface area contributed by atoms with Crippen molar-refractivity contribution in [2.75, 3.05) is 36.4 Å². The number of carbonyl (C=O) groups excluding carboxylic acids is 1. The normalized spacial score (nSPS) is 14.5. The van der Waals surface area contributed by atoms with E-state index in [0.717, 1.165) is 73.0 Å². The summed E-state index contributed by atoms with van der Waals surface area (Å²) < 4.78 is 3.63. The molecule has 0 spiro atoms. The zero-order chi connectivity index (χ0) is 30.0. The van der Waals surface area contributed by atoms with Crippen molar-refractivity contribution in [3.8, 4) is 16.9 Å². The van der Waals surface area contributed by atoms with E-state index in [1.807, 2.05) is 42.3 Å². The summed E-state index contributed by atoms with van der Waals surface area (Å²) >= 11 is 0. The van der Waals surface area contributed by atoms with Crippen LogP contribution in [-0.2, 0) is 12.0 Å². The smallest absolute Gasteiger partial charge is 0.276 e. The van der Waals surface area contributed by atoms with E-state index in [9.17, 15) is 4.79 Å². The highest BCUT2D eigenvalue weighted by Crippen LogP contribution is 2.25. The molecular formula is C31H42N10O. The van der Waals surface area contributed by atoms with E-state index in [4.69, 9.17) is 0 Å². The largest absolute Gasteiger partial charge is 0.368 e. The van der Waals surface area contributed by atoms with E-state index in [-0.39, 0.29) is 11.4 Å². The van der Waals surface area contributed by atoms with Crippen molar-refractivity contribution < 1.29 is 4.79 Å². The molecule has 11 nitrogen and oxygen atoms in total. The van der Waals surface area contributed by atoms with Crippen molar-refractivity contribution in [1.82, 2.24) is 39.6 Å². The molecule has 222 valence electrons. The molecule has 1 fully saturated rings. The summed E-state index contributed by atoms with van der Waals surface area (Å²) in [7, 11) is 0. The number of hydrogen-bond acceptors (Lipinski definition) is 8. The lowest BCUT2D eigenvalue weighted by Gasteiger charge is -2.38. The van der Waals surface area contributed by atoms with Gasteiger partial charge in [-0.25, -0.2) is 4.68 Å². The number of amides is 1. The first-order valence-corrected chi connectivity index (χ1v) is 14.8. The van der Waals surface area contributed by atoms with Crippen molar-refractivity contribution >= 4 is 17.3 Å². The van der Waals surface area contributed by atoms with Crippen LogP contribution in [0.1, 0.15) is 69.8 Å². The Morgan fingerprint density at radius 3 is 2.50 bits per heavy atom. The Kier molecular flexibility index (Phi) is 8.40. The molecule has 0 aliphatic carbocycles. The van der Waals surface area contributed by atoms with E-state index in [1.54, 1.807) is 10.9 Å². The molecule has 11 heteroatoms. The van der Waals surface area contributed by atoms with Gasteiger partial charge in [0, 0.05) is 49.7 Å². The maximum Gasteiger partial charge on any atom is 0.276 e. The van der Waals surface area contributed by atoms with Gasteiger partial charge in [0.25, 0.3) is 5.91 Å². The summed E-state index contributed by atoms with van der Waals surface area (Å²) in [5.74, 6) is -0.275.